The van der Waals surface area contributed by atoms with E-state index in [4.69, 9.17) is 0 Å². The molecule has 2 N–H and O–H groups in total. The molecular formula is C14H21ClN2O. The Kier molecular flexibility index (Phi) is 5.63. The normalized spacial score (nSPS) is 18.9. The van der Waals surface area contributed by atoms with Crippen molar-refractivity contribution in [1.82, 2.24) is 10.6 Å². The number of carbonyl (C=O) groups excluding carboxylic acids is 1. The molecule has 1 aromatic rings. The molecule has 0 radical (unpaired) electrons. The van der Waals surface area contributed by atoms with Gasteiger partial charge in [0.2, 0.25) is 0 Å². The first-order chi connectivity index (χ1) is 8.18. The lowest BCUT2D eigenvalue weighted by atomic mass is 10.0. The van der Waals surface area contributed by atoms with Crippen LogP contribution < -0.4 is 10.6 Å². The number of rotatable bonds is 2. The topological polar surface area (TPSA) is 41.1 Å². The molecule has 1 amide bonds. The monoisotopic (exact) mass is 268 g/mol. The molecule has 0 aromatic heterocycles. The molecule has 1 aliphatic rings. The van der Waals surface area contributed by atoms with Crippen LogP contribution in [-0.4, -0.2) is 25.0 Å². The molecule has 1 unspecified atom stereocenters. The highest BCUT2D eigenvalue weighted by Crippen LogP contribution is 2.13. The maximum atomic E-state index is 12.1. The van der Waals surface area contributed by atoms with Crippen LogP contribution in [-0.2, 0) is 0 Å². The van der Waals surface area contributed by atoms with Crippen molar-refractivity contribution in [2.24, 2.45) is 0 Å². The molecule has 1 heterocycles. The molecule has 2 rings (SSSR count). The largest absolute Gasteiger partial charge is 0.348 e. The highest BCUT2D eigenvalue weighted by molar-refractivity contribution is 5.96. The van der Waals surface area contributed by atoms with Crippen LogP contribution in [0.2, 0.25) is 0 Å². The van der Waals surface area contributed by atoms with Crippen molar-refractivity contribution in [3.8, 4) is 0 Å². The van der Waals surface area contributed by atoms with Crippen LogP contribution in [0.1, 0.15) is 34.3 Å². The van der Waals surface area contributed by atoms with Crippen molar-refractivity contribution in [1.29, 1.82) is 0 Å². The van der Waals surface area contributed by atoms with E-state index in [2.05, 4.69) is 10.6 Å². The summed E-state index contributed by atoms with van der Waals surface area (Å²) in [5, 5.41) is 6.40. The lowest BCUT2D eigenvalue weighted by Crippen LogP contribution is -2.45. The molecule has 3 nitrogen and oxygen atoms in total. The number of carbonyl (C=O) groups is 1. The van der Waals surface area contributed by atoms with E-state index in [1.165, 1.54) is 5.56 Å². The molecule has 1 aliphatic heterocycles. The number of nitrogens with one attached hydrogen (secondary N) is 2. The Bertz CT molecular complexity index is 414. The quantitative estimate of drug-likeness (QED) is 0.864. The minimum Gasteiger partial charge on any atom is -0.348 e. The summed E-state index contributed by atoms with van der Waals surface area (Å²) in [5.41, 5.74) is 3.05. The van der Waals surface area contributed by atoms with E-state index in [1.54, 1.807) is 0 Å². The van der Waals surface area contributed by atoms with Crippen molar-refractivity contribution in [2.45, 2.75) is 32.7 Å². The van der Waals surface area contributed by atoms with Crippen molar-refractivity contribution < 1.29 is 4.79 Å². The van der Waals surface area contributed by atoms with Gasteiger partial charge in [0.05, 0.1) is 0 Å². The number of piperidine rings is 1. The Labute approximate surface area is 115 Å². The minimum atomic E-state index is 0. The lowest BCUT2D eigenvalue weighted by Gasteiger charge is -2.24. The van der Waals surface area contributed by atoms with Gasteiger partial charge >= 0.3 is 0 Å². The van der Waals surface area contributed by atoms with E-state index < -0.39 is 0 Å². The Morgan fingerprint density at radius 2 is 2.17 bits per heavy atom. The summed E-state index contributed by atoms with van der Waals surface area (Å²) in [7, 11) is 0. The Morgan fingerprint density at radius 3 is 2.83 bits per heavy atom. The third-order valence-corrected chi connectivity index (χ3v) is 3.48. The van der Waals surface area contributed by atoms with Crippen LogP contribution in [0, 0.1) is 13.8 Å². The second-order valence-corrected chi connectivity index (χ2v) is 4.76. The minimum absolute atomic E-state index is 0. The van der Waals surface area contributed by atoms with Crippen molar-refractivity contribution in [3.63, 3.8) is 0 Å². The van der Waals surface area contributed by atoms with E-state index in [9.17, 15) is 4.79 Å². The molecule has 18 heavy (non-hydrogen) atoms. The predicted molar refractivity (Wildman–Crippen MR) is 76.5 cm³/mol. The van der Waals surface area contributed by atoms with Gasteiger partial charge in [-0.3, -0.25) is 4.79 Å². The summed E-state index contributed by atoms with van der Waals surface area (Å²) < 4.78 is 0. The fourth-order valence-corrected chi connectivity index (χ4v) is 2.24. The highest BCUT2D eigenvalue weighted by atomic mass is 35.5. The first-order valence-electron chi connectivity index (χ1n) is 6.26. The number of aryl methyl sites for hydroxylation is 1. The molecule has 4 heteroatoms. The van der Waals surface area contributed by atoms with Crippen LogP contribution >= 0.6 is 12.4 Å². The third-order valence-electron chi connectivity index (χ3n) is 3.48. The van der Waals surface area contributed by atoms with E-state index in [0.29, 0.717) is 0 Å². The average molecular weight is 269 g/mol. The van der Waals surface area contributed by atoms with Gasteiger partial charge in [-0.05, 0) is 50.4 Å². The van der Waals surface area contributed by atoms with E-state index >= 15 is 0 Å². The summed E-state index contributed by atoms with van der Waals surface area (Å²) >= 11 is 0. The number of amides is 1. The van der Waals surface area contributed by atoms with Crippen LogP contribution in [0.3, 0.4) is 0 Å². The molecule has 1 aromatic carbocycles. The van der Waals surface area contributed by atoms with Crippen molar-refractivity contribution in [2.75, 3.05) is 13.1 Å². The summed E-state index contributed by atoms with van der Waals surface area (Å²) in [5.74, 6) is 0.0555. The van der Waals surface area contributed by atoms with Gasteiger partial charge in [-0.1, -0.05) is 12.1 Å². The van der Waals surface area contributed by atoms with E-state index in [0.717, 1.165) is 37.1 Å². The van der Waals surface area contributed by atoms with Crippen LogP contribution in [0.15, 0.2) is 18.2 Å². The first kappa shape index (κ1) is 15.0. The Balaban J connectivity index is 0.00000162. The second-order valence-electron chi connectivity index (χ2n) is 4.76. The van der Waals surface area contributed by atoms with Crippen LogP contribution in [0.4, 0.5) is 0 Å². The van der Waals surface area contributed by atoms with Crippen LogP contribution in [0.25, 0.3) is 0 Å². The molecule has 0 spiro atoms. The summed E-state index contributed by atoms with van der Waals surface area (Å²) in [6.07, 6.45) is 2.21. The summed E-state index contributed by atoms with van der Waals surface area (Å²) in [6.45, 7) is 5.99. The van der Waals surface area contributed by atoms with Crippen molar-refractivity contribution >= 4 is 18.3 Å². The number of hydrogen-bond donors (Lipinski definition) is 2. The second kappa shape index (κ2) is 6.76. The maximum absolute atomic E-state index is 12.1. The summed E-state index contributed by atoms with van der Waals surface area (Å²) in [4.78, 5) is 12.1. The molecule has 1 atom stereocenters. The fourth-order valence-electron chi connectivity index (χ4n) is 2.24. The van der Waals surface area contributed by atoms with Gasteiger partial charge < -0.3 is 10.6 Å². The first-order valence-corrected chi connectivity index (χ1v) is 6.26. The van der Waals surface area contributed by atoms with Gasteiger partial charge in [-0.25, -0.2) is 0 Å². The van der Waals surface area contributed by atoms with Gasteiger partial charge in [0.25, 0.3) is 5.91 Å². The molecule has 0 bridgehead atoms. The van der Waals surface area contributed by atoms with Gasteiger partial charge in [0.15, 0.2) is 0 Å². The summed E-state index contributed by atoms with van der Waals surface area (Å²) in [6, 6.07) is 6.15. The van der Waals surface area contributed by atoms with Gasteiger partial charge in [-0.15, -0.1) is 12.4 Å². The molecule has 1 saturated heterocycles. The number of hydrogen-bond acceptors (Lipinski definition) is 2. The average Bonchev–Trinajstić information content (AvgIpc) is 2.34. The van der Waals surface area contributed by atoms with Gasteiger partial charge in [0, 0.05) is 18.2 Å². The molecule has 0 aliphatic carbocycles. The van der Waals surface area contributed by atoms with E-state index in [1.807, 2.05) is 32.0 Å². The number of halogens is 1. The zero-order valence-corrected chi connectivity index (χ0v) is 11.8. The molecule has 1 fully saturated rings. The van der Waals surface area contributed by atoms with Gasteiger partial charge in [0.1, 0.15) is 0 Å². The van der Waals surface area contributed by atoms with Gasteiger partial charge in [-0.2, -0.15) is 0 Å². The smallest absolute Gasteiger partial charge is 0.251 e. The Morgan fingerprint density at radius 1 is 1.39 bits per heavy atom. The highest BCUT2D eigenvalue weighted by Gasteiger charge is 2.17. The third kappa shape index (κ3) is 3.47. The molecule has 0 saturated carbocycles. The zero-order valence-electron chi connectivity index (χ0n) is 11.0. The standard InChI is InChI=1S/C14H20N2O.ClH/c1-10-5-3-7-13(11(10)2)14(17)16-12-6-4-8-15-9-12;/h3,5,7,12,15H,4,6,8-9H2,1-2H3,(H,16,17);1H. The fraction of sp³-hybridized carbons (Fsp3) is 0.500. The van der Waals surface area contributed by atoms with E-state index in [-0.39, 0.29) is 24.4 Å². The zero-order chi connectivity index (χ0) is 12.3. The SMILES string of the molecule is Cc1cccc(C(=O)NC2CCCNC2)c1C.Cl. The molecular weight excluding hydrogens is 248 g/mol. The Hall–Kier alpha value is -1.06. The predicted octanol–water partition coefficient (Wildman–Crippen LogP) is 2.21. The number of benzene rings is 1. The lowest BCUT2D eigenvalue weighted by molar-refractivity contribution is 0.0930. The van der Waals surface area contributed by atoms with Crippen molar-refractivity contribution in [3.05, 3.63) is 34.9 Å². The maximum Gasteiger partial charge on any atom is 0.251 e. The molecule has 100 valence electrons. The van der Waals surface area contributed by atoms with Crippen LogP contribution in [0.5, 0.6) is 0 Å².